The third-order valence-electron chi connectivity index (χ3n) is 5.59. The number of carbonyl (C=O) groups is 1. The van der Waals surface area contributed by atoms with Gasteiger partial charge < -0.3 is 10.2 Å². The standard InChI is InChI=1S/C24H33N3O3S/c1-3-15-25-31(29,30)23-18-21(13-14-22(23)27-16-7-8-17-27)24(28)26-19(2)11-12-20-9-5-4-6-10-20/h4-6,9-10,13-14,18-19,25H,3,7-8,11-12,15-17H2,1-2H3,(H,26,28). The van der Waals surface area contributed by atoms with Crippen LogP contribution in [0.2, 0.25) is 0 Å². The molecule has 2 aromatic rings. The maximum atomic E-state index is 13.0. The van der Waals surface area contributed by atoms with Crippen LogP contribution >= 0.6 is 0 Å². The number of hydrogen-bond donors (Lipinski definition) is 2. The summed E-state index contributed by atoms with van der Waals surface area (Å²) in [7, 11) is -3.69. The summed E-state index contributed by atoms with van der Waals surface area (Å²) in [5.41, 5.74) is 2.27. The first-order valence-corrected chi connectivity index (χ1v) is 12.6. The molecule has 6 nitrogen and oxygen atoms in total. The zero-order chi connectivity index (χ0) is 22.3. The molecule has 31 heavy (non-hydrogen) atoms. The minimum absolute atomic E-state index is 0.0239. The van der Waals surface area contributed by atoms with Crippen molar-refractivity contribution in [3.63, 3.8) is 0 Å². The number of hydrogen-bond acceptors (Lipinski definition) is 4. The number of rotatable bonds is 10. The van der Waals surface area contributed by atoms with Crippen molar-refractivity contribution in [2.24, 2.45) is 0 Å². The average Bonchev–Trinajstić information content (AvgIpc) is 3.31. The number of aryl methyl sites for hydroxylation is 1. The predicted octanol–water partition coefficient (Wildman–Crippen LogP) is 3.73. The van der Waals surface area contributed by atoms with E-state index in [0.29, 0.717) is 24.2 Å². The van der Waals surface area contributed by atoms with Crippen LogP contribution in [0.1, 0.15) is 55.5 Å². The van der Waals surface area contributed by atoms with Gasteiger partial charge in [-0.15, -0.1) is 0 Å². The molecule has 0 radical (unpaired) electrons. The third kappa shape index (κ3) is 6.31. The number of sulfonamides is 1. The molecule has 1 fully saturated rings. The lowest BCUT2D eigenvalue weighted by Crippen LogP contribution is -2.33. The quantitative estimate of drug-likeness (QED) is 0.587. The summed E-state index contributed by atoms with van der Waals surface area (Å²) in [4.78, 5) is 15.1. The van der Waals surface area contributed by atoms with Crippen molar-refractivity contribution in [3.05, 3.63) is 59.7 Å². The summed E-state index contributed by atoms with van der Waals surface area (Å²) >= 11 is 0. The van der Waals surface area contributed by atoms with Gasteiger partial charge in [0.1, 0.15) is 4.90 Å². The smallest absolute Gasteiger partial charge is 0.251 e. The van der Waals surface area contributed by atoms with E-state index < -0.39 is 10.0 Å². The number of benzene rings is 2. The van der Waals surface area contributed by atoms with Gasteiger partial charge >= 0.3 is 0 Å². The first-order chi connectivity index (χ1) is 14.9. The monoisotopic (exact) mass is 443 g/mol. The Morgan fingerprint density at radius 3 is 2.48 bits per heavy atom. The summed E-state index contributed by atoms with van der Waals surface area (Å²) < 4.78 is 28.6. The highest BCUT2D eigenvalue weighted by Crippen LogP contribution is 2.29. The SMILES string of the molecule is CCCNS(=O)(=O)c1cc(C(=O)NC(C)CCc2ccccc2)ccc1N1CCCC1. The molecule has 7 heteroatoms. The van der Waals surface area contributed by atoms with Crippen LogP contribution in [0.25, 0.3) is 0 Å². The van der Waals surface area contributed by atoms with Gasteiger partial charge in [0.05, 0.1) is 5.69 Å². The van der Waals surface area contributed by atoms with Crippen LogP contribution in [0, 0.1) is 0 Å². The third-order valence-corrected chi connectivity index (χ3v) is 7.08. The molecular formula is C24H33N3O3S. The maximum absolute atomic E-state index is 13.0. The number of anilines is 1. The van der Waals surface area contributed by atoms with Crippen LogP contribution in [0.15, 0.2) is 53.4 Å². The van der Waals surface area contributed by atoms with E-state index in [4.69, 9.17) is 0 Å². The normalized spacial score (nSPS) is 15.1. The van der Waals surface area contributed by atoms with E-state index in [-0.39, 0.29) is 16.8 Å². The van der Waals surface area contributed by atoms with Gasteiger partial charge in [-0.25, -0.2) is 13.1 Å². The lowest BCUT2D eigenvalue weighted by Gasteiger charge is -2.22. The van der Waals surface area contributed by atoms with Gasteiger partial charge in [0.2, 0.25) is 10.0 Å². The Hall–Kier alpha value is -2.38. The molecular weight excluding hydrogens is 410 g/mol. The van der Waals surface area contributed by atoms with Crippen molar-refractivity contribution in [1.82, 2.24) is 10.0 Å². The first kappa shape index (κ1) is 23.3. The van der Waals surface area contributed by atoms with E-state index in [2.05, 4.69) is 27.1 Å². The minimum atomic E-state index is -3.69. The highest BCUT2D eigenvalue weighted by atomic mass is 32.2. The summed E-state index contributed by atoms with van der Waals surface area (Å²) in [6.07, 6.45) is 4.48. The molecule has 0 aromatic heterocycles. The zero-order valence-corrected chi connectivity index (χ0v) is 19.2. The molecule has 3 rings (SSSR count). The molecule has 1 aliphatic heterocycles. The van der Waals surface area contributed by atoms with Crippen LogP contribution in [0.3, 0.4) is 0 Å². The summed E-state index contributed by atoms with van der Waals surface area (Å²) in [6, 6.07) is 15.2. The van der Waals surface area contributed by atoms with Crippen molar-refractivity contribution in [3.8, 4) is 0 Å². The zero-order valence-electron chi connectivity index (χ0n) is 18.4. The van der Waals surface area contributed by atoms with Crippen molar-refractivity contribution in [2.45, 2.75) is 56.9 Å². The number of carbonyl (C=O) groups excluding carboxylic acids is 1. The Morgan fingerprint density at radius 1 is 1.10 bits per heavy atom. The molecule has 0 spiro atoms. The Balaban J connectivity index is 1.75. The Labute approximate surface area is 186 Å². The molecule has 2 aromatic carbocycles. The van der Waals surface area contributed by atoms with Gasteiger partial charge in [-0.1, -0.05) is 37.3 Å². The van der Waals surface area contributed by atoms with E-state index >= 15 is 0 Å². The first-order valence-electron chi connectivity index (χ1n) is 11.1. The van der Waals surface area contributed by atoms with E-state index in [1.807, 2.05) is 32.0 Å². The predicted molar refractivity (Wildman–Crippen MR) is 125 cm³/mol. The highest BCUT2D eigenvalue weighted by molar-refractivity contribution is 7.89. The van der Waals surface area contributed by atoms with Crippen LogP contribution < -0.4 is 14.9 Å². The maximum Gasteiger partial charge on any atom is 0.251 e. The van der Waals surface area contributed by atoms with E-state index in [9.17, 15) is 13.2 Å². The highest BCUT2D eigenvalue weighted by Gasteiger charge is 2.25. The van der Waals surface area contributed by atoms with Gasteiger partial charge in [-0.3, -0.25) is 4.79 Å². The Kier molecular flexibility index (Phi) is 8.09. The van der Waals surface area contributed by atoms with Gasteiger partial charge in [0.25, 0.3) is 5.91 Å². The topological polar surface area (TPSA) is 78.5 Å². The fraction of sp³-hybridized carbons (Fsp3) is 0.458. The summed E-state index contributed by atoms with van der Waals surface area (Å²) in [5, 5.41) is 3.01. The van der Waals surface area contributed by atoms with E-state index in [1.54, 1.807) is 12.1 Å². The fourth-order valence-corrected chi connectivity index (χ4v) is 5.19. The largest absolute Gasteiger partial charge is 0.370 e. The molecule has 1 amide bonds. The molecule has 0 saturated carbocycles. The van der Waals surface area contributed by atoms with Crippen LogP contribution in [0.5, 0.6) is 0 Å². The Morgan fingerprint density at radius 2 is 1.81 bits per heavy atom. The van der Waals surface area contributed by atoms with Crippen LogP contribution in [0.4, 0.5) is 5.69 Å². The Bertz CT molecular complexity index is 971. The summed E-state index contributed by atoms with van der Waals surface area (Å²) in [6.45, 7) is 5.93. The average molecular weight is 444 g/mol. The second-order valence-corrected chi connectivity index (χ2v) is 9.91. The molecule has 0 aliphatic carbocycles. The van der Waals surface area contributed by atoms with Gasteiger partial charge in [-0.05, 0) is 62.8 Å². The molecule has 2 N–H and O–H groups in total. The number of nitrogens with zero attached hydrogens (tertiary/aromatic N) is 1. The number of amides is 1. The van der Waals surface area contributed by atoms with Gasteiger partial charge in [0.15, 0.2) is 0 Å². The minimum Gasteiger partial charge on any atom is -0.370 e. The van der Waals surface area contributed by atoms with Crippen molar-refractivity contribution in [1.29, 1.82) is 0 Å². The second-order valence-electron chi connectivity index (χ2n) is 8.17. The van der Waals surface area contributed by atoms with Crippen LogP contribution in [-0.2, 0) is 16.4 Å². The lowest BCUT2D eigenvalue weighted by atomic mass is 10.1. The van der Waals surface area contributed by atoms with Crippen molar-refractivity contribution in [2.75, 3.05) is 24.5 Å². The van der Waals surface area contributed by atoms with Gasteiger partial charge in [-0.2, -0.15) is 0 Å². The fourth-order valence-electron chi connectivity index (χ4n) is 3.81. The van der Waals surface area contributed by atoms with Gasteiger partial charge in [0, 0.05) is 31.2 Å². The molecule has 1 atom stereocenters. The number of nitrogens with one attached hydrogen (secondary N) is 2. The lowest BCUT2D eigenvalue weighted by molar-refractivity contribution is 0.0938. The molecule has 0 bridgehead atoms. The van der Waals surface area contributed by atoms with E-state index in [1.165, 1.54) is 11.6 Å². The molecule has 1 saturated heterocycles. The van der Waals surface area contributed by atoms with Crippen molar-refractivity contribution < 1.29 is 13.2 Å². The second kappa shape index (κ2) is 10.8. The van der Waals surface area contributed by atoms with Crippen molar-refractivity contribution >= 4 is 21.6 Å². The molecule has 168 valence electrons. The molecule has 1 heterocycles. The summed E-state index contributed by atoms with van der Waals surface area (Å²) in [5.74, 6) is -0.250. The van der Waals surface area contributed by atoms with E-state index in [0.717, 1.165) is 38.8 Å². The van der Waals surface area contributed by atoms with Crippen LogP contribution in [-0.4, -0.2) is 40.0 Å². The molecule has 1 unspecified atom stereocenters. The molecule has 1 aliphatic rings.